The summed E-state index contributed by atoms with van der Waals surface area (Å²) in [4.78, 5) is 2.51. The summed E-state index contributed by atoms with van der Waals surface area (Å²) in [6, 6.07) is 0. The van der Waals surface area contributed by atoms with E-state index in [0.29, 0.717) is 0 Å². The molecule has 64 valence electrons. The summed E-state index contributed by atoms with van der Waals surface area (Å²) in [6.45, 7) is 10.5. The standard InChI is InChI=1S/C10H19N/c1-4-6-11-7-5-10(8-11)9(2)3/h5,9H,4,6-8H2,1-3H3. The molecule has 0 fully saturated rings. The van der Waals surface area contributed by atoms with Crippen LogP contribution in [0.5, 0.6) is 0 Å². The molecule has 1 aliphatic heterocycles. The summed E-state index contributed by atoms with van der Waals surface area (Å²) in [5.74, 6) is 0.747. The van der Waals surface area contributed by atoms with Gasteiger partial charge in [0.05, 0.1) is 0 Å². The van der Waals surface area contributed by atoms with Crippen molar-refractivity contribution in [1.82, 2.24) is 4.90 Å². The second-order valence-corrected chi connectivity index (χ2v) is 3.67. The quantitative estimate of drug-likeness (QED) is 0.562. The van der Waals surface area contributed by atoms with Crippen molar-refractivity contribution < 1.29 is 0 Å². The van der Waals surface area contributed by atoms with Crippen LogP contribution in [0, 0.1) is 5.92 Å². The molecule has 1 rings (SSSR count). The van der Waals surface area contributed by atoms with Crippen molar-refractivity contribution in [1.29, 1.82) is 0 Å². The first-order valence-electron chi connectivity index (χ1n) is 4.65. The second-order valence-electron chi connectivity index (χ2n) is 3.67. The van der Waals surface area contributed by atoms with Crippen LogP contribution in [0.2, 0.25) is 0 Å². The van der Waals surface area contributed by atoms with E-state index in [4.69, 9.17) is 0 Å². The lowest BCUT2D eigenvalue weighted by atomic mass is 10.1. The molecule has 0 N–H and O–H groups in total. The molecule has 0 atom stereocenters. The highest BCUT2D eigenvalue weighted by Crippen LogP contribution is 2.16. The van der Waals surface area contributed by atoms with E-state index >= 15 is 0 Å². The molecule has 0 radical (unpaired) electrons. The fraction of sp³-hybridized carbons (Fsp3) is 0.800. The van der Waals surface area contributed by atoms with Crippen molar-refractivity contribution in [2.24, 2.45) is 5.92 Å². The normalized spacial score (nSPS) is 19.5. The first kappa shape index (κ1) is 8.79. The van der Waals surface area contributed by atoms with Gasteiger partial charge in [0.1, 0.15) is 0 Å². The third-order valence-electron chi connectivity index (χ3n) is 2.30. The maximum atomic E-state index is 2.51. The molecule has 0 amide bonds. The SMILES string of the molecule is CCCN1CC=C(C(C)C)C1. The zero-order valence-corrected chi connectivity index (χ0v) is 7.93. The Hall–Kier alpha value is -0.300. The highest BCUT2D eigenvalue weighted by Gasteiger charge is 2.14. The molecule has 11 heavy (non-hydrogen) atoms. The van der Waals surface area contributed by atoms with E-state index in [-0.39, 0.29) is 0 Å². The molecule has 0 saturated heterocycles. The molecule has 0 aliphatic carbocycles. The van der Waals surface area contributed by atoms with Gasteiger partial charge in [-0.3, -0.25) is 4.90 Å². The third kappa shape index (κ3) is 2.33. The van der Waals surface area contributed by atoms with Gasteiger partial charge in [0.15, 0.2) is 0 Å². The van der Waals surface area contributed by atoms with E-state index in [1.807, 2.05) is 0 Å². The summed E-state index contributed by atoms with van der Waals surface area (Å²) in [6.07, 6.45) is 3.67. The van der Waals surface area contributed by atoms with Crippen molar-refractivity contribution >= 4 is 0 Å². The number of rotatable bonds is 3. The van der Waals surface area contributed by atoms with E-state index in [2.05, 4.69) is 31.7 Å². The summed E-state index contributed by atoms with van der Waals surface area (Å²) in [5, 5.41) is 0. The Labute approximate surface area is 70.1 Å². The van der Waals surface area contributed by atoms with E-state index in [1.54, 1.807) is 5.57 Å². The Balaban J connectivity index is 2.31. The van der Waals surface area contributed by atoms with Gasteiger partial charge in [-0.25, -0.2) is 0 Å². The predicted molar refractivity (Wildman–Crippen MR) is 49.7 cm³/mol. The molecule has 0 aromatic carbocycles. The van der Waals surface area contributed by atoms with Gasteiger partial charge in [-0.2, -0.15) is 0 Å². The maximum Gasteiger partial charge on any atom is 0.0199 e. The summed E-state index contributed by atoms with van der Waals surface area (Å²) >= 11 is 0. The molecule has 0 saturated carbocycles. The second kappa shape index (κ2) is 3.91. The molecule has 0 bridgehead atoms. The van der Waals surface area contributed by atoms with Crippen molar-refractivity contribution in [2.45, 2.75) is 27.2 Å². The van der Waals surface area contributed by atoms with Crippen molar-refractivity contribution in [3.8, 4) is 0 Å². The maximum absolute atomic E-state index is 2.51. The van der Waals surface area contributed by atoms with E-state index in [1.165, 1.54) is 26.1 Å². The van der Waals surface area contributed by atoms with Crippen LogP contribution in [0.3, 0.4) is 0 Å². The van der Waals surface area contributed by atoms with Crippen LogP contribution in [0.1, 0.15) is 27.2 Å². The molecule has 0 aromatic heterocycles. The Morgan fingerprint density at radius 2 is 2.27 bits per heavy atom. The van der Waals surface area contributed by atoms with Crippen LogP contribution < -0.4 is 0 Å². The number of hydrogen-bond donors (Lipinski definition) is 0. The topological polar surface area (TPSA) is 3.24 Å². The van der Waals surface area contributed by atoms with Crippen molar-refractivity contribution in [3.05, 3.63) is 11.6 Å². The minimum Gasteiger partial charge on any atom is -0.296 e. The largest absolute Gasteiger partial charge is 0.296 e. The molecule has 1 nitrogen and oxygen atoms in total. The van der Waals surface area contributed by atoms with Crippen LogP contribution in [-0.4, -0.2) is 24.5 Å². The molecular weight excluding hydrogens is 134 g/mol. The van der Waals surface area contributed by atoms with Crippen molar-refractivity contribution in [3.63, 3.8) is 0 Å². The summed E-state index contributed by atoms with van der Waals surface area (Å²) in [7, 11) is 0. The molecule has 1 heterocycles. The third-order valence-corrected chi connectivity index (χ3v) is 2.30. The smallest absolute Gasteiger partial charge is 0.0199 e. The van der Waals surface area contributed by atoms with E-state index < -0.39 is 0 Å². The van der Waals surface area contributed by atoms with Crippen LogP contribution in [0.25, 0.3) is 0 Å². The Morgan fingerprint density at radius 3 is 2.73 bits per heavy atom. The molecule has 1 aliphatic rings. The van der Waals surface area contributed by atoms with Crippen LogP contribution in [0.4, 0.5) is 0 Å². The van der Waals surface area contributed by atoms with Gasteiger partial charge < -0.3 is 0 Å². The lowest BCUT2D eigenvalue weighted by Crippen LogP contribution is -2.22. The van der Waals surface area contributed by atoms with Gasteiger partial charge in [-0.05, 0) is 18.9 Å². The van der Waals surface area contributed by atoms with Crippen LogP contribution >= 0.6 is 0 Å². The van der Waals surface area contributed by atoms with Gasteiger partial charge in [0.2, 0.25) is 0 Å². The fourth-order valence-electron chi connectivity index (χ4n) is 1.54. The monoisotopic (exact) mass is 153 g/mol. The van der Waals surface area contributed by atoms with Gasteiger partial charge in [-0.1, -0.05) is 32.4 Å². The molecule has 0 spiro atoms. The average molecular weight is 153 g/mol. The van der Waals surface area contributed by atoms with Crippen molar-refractivity contribution in [2.75, 3.05) is 19.6 Å². The van der Waals surface area contributed by atoms with Gasteiger partial charge >= 0.3 is 0 Å². The Morgan fingerprint density at radius 1 is 1.55 bits per heavy atom. The fourth-order valence-corrected chi connectivity index (χ4v) is 1.54. The molecular formula is C10H19N. The highest BCUT2D eigenvalue weighted by atomic mass is 15.1. The van der Waals surface area contributed by atoms with E-state index in [9.17, 15) is 0 Å². The van der Waals surface area contributed by atoms with Gasteiger partial charge in [0.25, 0.3) is 0 Å². The highest BCUT2D eigenvalue weighted by molar-refractivity contribution is 5.13. The molecule has 0 unspecified atom stereocenters. The Kier molecular flexibility index (Phi) is 3.13. The molecule has 1 heteroatoms. The zero-order valence-electron chi connectivity index (χ0n) is 7.93. The number of hydrogen-bond acceptors (Lipinski definition) is 1. The first-order chi connectivity index (χ1) is 5.24. The average Bonchev–Trinajstić information content (AvgIpc) is 2.37. The van der Waals surface area contributed by atoms with Gasteiger partial charge in [-0.15, -0.1) is 0 Å². The van der Waals surface area contributed by atoms with Crippen LogP contribution in [-0.2, 0) is 0 Å². The lowest BCUT2D eigenvalue weighted by molar-refractivity contribution is 0.343. The Bertz CT molecular complexity index is 147. The number of nitrogens with zero attached hydrogens (tertiary/aromatic N) is 1. The van der Waals surface area contributed by atoms with E-state index in [0.717, 1.165) is 5.92 Å². The zero-order chi connectivity index (χ0) is 8.27. The minimum absolute atomic E-state index is 0.747. The van der Waals surface area contributed by atoms with Crippen LogP contribution in [0.15, 0.2) is 11.6 Å². The summed E-state index contributed by atoms with van der Waals surface area (Å²) in [5.41, 5.74) is 1.62. The van der Waals surface area contributed by atoms with Gasteiger partial charge in [0, 0.05) is 13.1 Å². The minimum atomic E-state index is 0.747. The molecule has 0 aromatic rings. The lowest BCUT2D eigenvalue weighted by Gasteiger charge is -2.15. The first-order valence-corrected chi connectivity index (χ1v) is 4.65. The predicted octanol–water partition coefficient (Wildman–Crippen LogP) is 2.29. The summed E-state index contributed by atoms with van der Waals surface area (Å²) < 4.78 is 0.